The number of hydrogen-bond donors (Lipinski definition) is 0. The molecule has 4 aromatic rings. The van der Waals surface area contributed by atoms with Crippen LogP contribution in [-0.2, 0) is 13.0 Å². The molecule has 0 N–H and O–H groups in total. The third kappa shape index (κ3) is 3.66. The molecular weight excluding hydrogens is 400 g/mol. The lowest BCUT2D eigenvalue weighted by molar-refractivity contribution is 0.0776. The largest absolute Gasteiger partial charge is 0.497 e. The summed E-state index contributed by atoms with van der Waals surface area (Å²) in [5.74, 6) is 1.58. The minimum atomic E-state index is -0.0121. The van der Waals surface area contributed by atoms with E-state index in [9.17, 15) is 4.79 Å². The molecule has 0 saturated heterocycles. The number of rotatable bonds is 5. The molecule has 0 radical (unpaired) electrons. The topological polar surface area (TPSA) is 55.6 Å². The smallest absolute Gasteiger partial charge is 0.255 e. The van der Waals surface area contributed by atoms with Gasteiger partial charge in [0.1, 0.15) is 11.5 Å². The molecule has 0 atom stereocenters. The van der Waals surface area contributed by atoms with Gasteiger partial charge in [0, 0.05) is 12.4 Å². The van der Waals surface area contributed by atoms with Gasteiger partial charge in [-0.25, -0.2) is 4.98 Å². The molecule has 2 aromatic heterocycles. The number of allylic oxidation sites excluding steroid dienone is 1. The number of para-hydroxylation sites is 1. The summed E-state index contributed by atoms with van der Waals surface area (Å²) < 4.78 is 10.7. The van der Waals surface area contributed by atoms with E-state index in [2.05, 4.69) is 6.08 Å². The average Bonchev–Trinajstić information content (AvgIpc) is 3.47. The molecule has 0 fully saturated rings. The molecule has 0 bridgehead atoms. The minimum Gasteiger partial charge on any atom is -0.497 e. The molecule has 5 nitrogen and oxygen atoms in total. The van der Waals surface area contributed by atoms with Gasteiger partial charge in [0.15, 0.2) is 0 Å². The van der Waals surface area contributed by atoms with Gasteiger partial charge in [0.2, 0.25) is 0 Å². The predicted octanol–water partition coefficient (Wildman–Crippen LogP) is 5.60. The average molecular weight is 425 g/mol. The van der Waals surface area contributed by atoms with Crippen LogP contribution in [0.5, 0.6) is 5.75 Å². The summed E-state index contributed by atoms with van der Waals surface area (Å²) in [5, 5.41) is 0.897. The number of hydrogen-bond acceptors (Lipinski definition) is 4. The molecule has 32 heavy (non-hydrogen) atoms. The number of fused-ring (bicyclic) bond motifs is 2. The summed E-state index contributed by atoms with van der Waals surface area (Å²) in [6.45, 7) is 0.422. The van der Waals surface area contributed by atoms with Crippen LogP contribution in [0.15, 0.2) is 71.3 Å². The third-order valence-electron chi connectivity index (χ3n) is 5.93. The van der Waals surface area contributed by atoms with Crippen LogP contribution in [0, 0.1) is 0 Å². The fourth-order valence-corrected chi connectivity index (χ4v) is 4.32. The standard InChI is InChI=1S/C27H24N2O3/c1-29(17-21-6-5-15-32-21)27(30)25-22-7-3-4-8-24(22)28-26-19(11-14-23(25)26)16-18-9-12-20(31-2)13-10-18/h3-10,12-13,15-16H,11,14,17H2,1-2H3/b19-16+. The maximum absolute atomic E-state index is 13.6. The van der Waals surface area contributed by atoms with Gasteiger partial charge < -0.3 is 14.1 Å². The van der Waals surface area contributed by atoms with Crippen molar-refractivity contribution in [2.75, 3.05) is 14.2 Å². The van der Waals surface area contributed by atoms with E-state index in [-0.39, 0.29) is 5.91 Å². The van der Waals surface area contributed by atoms with Gasteiger partial charge >= 0.3 is 0 Å². The SMILES string of the molecule is COc1ccc(/C=C2\CCc3c2nc2ccccc2c3C(=O)N(C)Cc2ccco2)cc1. The quantitative estimate of drug-likeness (QED) is 0.419. The van der Waals surface area contributed by atoms with Crippen LogP contribution in [0.1, 0.15) is 39.4 Å². The van der Waals surface area contributed by atoms with Gasteiger partial charge in [-0.15, -0.1) is 0 Å². The van der Waals surface area contributed by atoms with E-state index in [4.69, 9.17) is 14.1 Å². The van der Waals surface area contributed by atoms with Crippen molar-refractivity contribution in [2.45, 2.75) is 19.4 Å². The van der Waals surface area contributed by atoms with Gasteiger partial charge in [0.05, 0.1) is 36.7 Å². The van der Waals surface area contributed by atoms with Crippen molar-refractivity contribution in [3.8, 4) is 5.75 Å². The zero-order valence-corrected chi connectivity index (χ0v) is 18.2. The molecule has 2 heterocycles. The number of ether oxygens (including phenoxy) is 1. The number of amides is 1. The Morgan fingerprint density at radius 3 is 2.66 bits per heavy atom. The fraction of sp³-hybridized carbons (Fsp3) is 0.185. The second-order valence-electron chi connectivity index (χ2n) is 8.01. The second-order valence-corrected chi connectivity index (χ2v) is 8.01. The first-order valence-corrected chi connectivity index (χ1v) is 10.7. The van der Waals surface area contributed by atoms with Crippen molar-refractivity contribution >= 4 is 28.5 Å². The van der Waals surface area contributed by atoms with E-state index in [0.29, 0.717) is 6.54 Å². The van der Waals surface area contributed by atoms with E-state index >= 15 is 0 Å². The molecule has 5 rings (SSSR count). The zero-order chi connectivity index (χ0) is 22.1. The normalized spacial score (nSPS) is 14.0. The maximum atomic E-state index is 13.6. The Hall–Kier alpha value is -3.86. The number of pyridine rings is 1. The lowest BCUT2D eigenvalue weighted by Gasteiger charge is -2.19. The lowest BCUT2D eigenvalue weighted by Crippen LogP contribution is -2.27. The Morgan fingerprint density at radius 2 is 1.91 bits per heavy atom. The molecule has 1 aliphatic carbocycles. The second kappa shape index (κ2) is 8.35. The highest BCUT2D eigenvalue weighted by Gasteiger charge is 2.28. The number of furan rings is 1. The minimum absolute atomic E-state index is 0.0121. The Balaban J connectivity index is 1.58. The summed E-state index contributed by atoms with van der Waals surface area (Å²) >= 11 is 0. The van der Waals surface area contributed by atoms with E-state index in [0.717, 1.165) is 63.2 Å². The van der Waals surface area contributed by atoms with Crippen LogP contribution in [-0.4, -0.2) is 29.9 Å². The van der Waals surface area contributed by atoms with Crippen molar-refractivity contribution in [3.05, 3.63) is 95.1 Å². The Bertz CT molecular complexity index is 1310. The highest BCUT2D eigenvalue weighted by Crippen LogP contribution is 2.38. The fourth-order valence-electron chi connectivity index (χ4n) is 4.32. The van der Waals surface area contributed by atoms with Crippen LogP contribution in [0.25, 0.3) is 22.6 Å². The van der Waals surface area contributed by atoms with Crippen LogP contribution in [0.4, 0.5) is 0 Å². The van der Waals surface area contributed by atoms with E-state index in [1.807, 2.05) is 67.7 Å². The molecular formula is C27H24N2O3. The van der Waals surface area contributed by atoms with Crippen LogP contribution < -0.4 is 4.74 Å². The number of carbonyl (C=O) groups is 1. The number of benzene rings is 2. The van der Waals surface area contributed by atoms with Crippen molar-refractivity contribution in [2.24, 2.45) is 0 Å². The number of methoxy groups -OCH3 is 1. The van der Waals surface area contributed by atoms with Crippen LogP contribution in [0.3, 0.4) is 0 Å². The zero-order valence-electron chi connectivity index (χ0n) is 18.2. The molecule has 0 saturated carbocycles. The predicted molar refractivity (Wildman–Crippen MR) is 125 cm³/mol. The molecule has 0 unspecified atom stereocenters. The molecule has 160 valence electrons. The van der Waals surface area contributed by atoms with Crippen molar-refractivity contribution in [1.29, 1.82) is 0 Å². The Labute approximate surface area is 187 Å². The lowest BCUT2D eigenvalue weighted by atomic mass is 9.99. The van der Waals surface area contributed by atoms with Gasteiger partial charge in [-0.05, 0) is 65.9 Å². The molecule has 0 spiro atoms. The van der Waals surface area contributed by atoms with Crippen molar-refractivity contribution < 1.29 is 13.9 Å². The molecule has 1 aliphatic rings. The Kier molecular flexibility index (Phi) is 5.23. The summed E-state index contributed by atoms with van der Waals surface area (Å²) in [4.78, 5) is 20.3. The third-order valence-corrected chi connectivity index (χ3v) is 5.93. The molecule has 1 amide bonds. The highest BCUT2D eigenvalue weighted by molar-refractivity contribution is 6.09. The van der Waals surface area contributed by atoms with E-state index < -0.39 is 0 Å². The number of nitrogens with zero attached hydrogens (tertiary/aromatic N) is 2. The Morgan fingerprint density at radius 1 is 1.09 bits per heavy atom. The van der Waals surface area contributed by atoms with E-state index in [1.54, 1.807) is 18.3 Å². The van der Waals surface area contributed by atoms with Gasteiger partial charge in [-0.3, -0.25) is 4.79 Å². The summed E-state index contributed by atoms with van der Waals surface area (Å²) in [6, 6.07) is 19.6. The van der Waals surface area contributed by atoms with Crippen molar-refractivity contribution in [1.82, 2.24) is 9.88 Å². The van der Waals surface area contributed by atoms with Crippen LogP contribution in [0.2, 0.25) is 0 Å². The maximum Gasteiger partial charge on any atom is 0.255 e. The monoisotopic (exact) mass is 424 g/mol. The molecule has 2 aromatic carbocycles. The summed E-state index contributed by atoms with van der Waals surface area (Å²) in [6.07, 6.45) is 5.44. The summed E-state index contributed by atoms with van der Waals surface area (Å²) in [7, 11) is 3.48. The van der Waals surface area contributed by atoms with E-state index in [1.165, 1.54) is 0 Å². The first-order valence-electron chi connectivity index (χ1n) is 10.7. The van der Waals surface area contributed by atoms with Crippen molar-refractivity contribution in [3.63, 3.8) is 0 Å². The van der Waals surface area contributed by atoms with Gasteiger partial charge in [-0.2, -0.15) is 0 Å². The molecule has 0 aliphatic heterocycles. The number of carbonyl (C=O) groups excluding carboxylic acids is 1. The van der Waals surface area contributed by atoms with Gasteiger partial charge in [-0.1, -0.05) is 30.3 Å². The first-order chi connectivity index (χ1) is 15.6. The summed E-state index contributed by atoms with van der Waals surface area (Å²) in [5.41, 5.74) is 5.78. The first kappa shape index (κ1) is 20.1. The highest BCUT2D eigenvalue weighted by atomic mass is 16.5. The van der Waals surface area contributed by atoms with Gasteiger partial charge in [0.25, 0.3) is 5.91 Å². The number of aromatic nitrogens is 1. The molecule has 5 heteroatoms. The van der Waals surface area contributed by atoms with Crippen LogP contribution >= 0.6 is 0 Å².